The molecule has 1 heterocycles. The lowest BCUT2D eigenvalue weighted by Gasteiger charge is -2.10. The van der Waals surface area contributed by atoms with E-state index in [0.717, 1.165) is 16.9 Å². The third-order valence-electron chi connectivity index (χ3n) is 4.37. The Labute approximate surface area is 154 Å². The molecule has 0 aliphatic rings. The van der Waals surface area contributed by atoms with Crippen LogP contribution in [0.5, 0.6) is 0 Å². The Bertz CT molecular complexity index is 917. The van der Waals surface area contributed by atoms with Crippen LogP contribution in [0.25, 0.3) is 0 Å². The van der Waals surface area contributed by atoms with Crippen molar-refractivity contribution >= 4 is 17.3 Å². The number of pyridine rings is 1. The van der Waals surface area contributed by atoms with E-state index in [4.69, 9.17) is 0 Å². The first-order valence-corrected chi connectivity index (χ1v) is 8.65. The van der Waals surface area contributed by atoms with Gasteiger partial charge in [-0.3, -0.25) is 9.78 Å². The molecule has 0 spiro atoms. The summed E-state index contributed by atoms with van der Waals surface area (Å²) in [4.78, 5) is 16.7. The third kappa shape index (κ3) is 4.48. The van der Waals surface area contributed by atoms with Crippen molar-refractivity contribution in [3.8, 4) is 0 Å². The minimum Gasteiger partial charge on any atom is -0.381 e. The number of carbonyl (C=O) groups excluding carboxylic acids is 1. The van der Waals surface area contributed by atoms with Gasteiger partial charge in [-0.2, -0.15) is 0 Å². The molecule has 0 unspecified atom stereocenters. The van der Waals surface area contributed by atoms with E-state index in [9.17, 15) is 4.79 Å². The highest BCUT2D eigenvalue weighted by molar-refractivity contribution is 6.03. The van der Waals surface area contributed by atoms with Gasteiger partial charge in [0.05, 0.1) is 0 Å². The number of nitrogens with zero attached hydrogens (tertiary/aromatic N) is 1. The fourth-order valence-corrected chi connectivity index (χ4v) is 2.59. The lowest BCUT2D eigenvalue weighted by atomic mass is 10.1. The standard InChI is InChI=1S/C22H23N3O/c1-15-4-7-18(8-5-15)14-24-19-10-11-23-21(13-19)22(26)25-20-9-6-16(2)17(3)12-20/h4-13H,14H2,1-3H3,(H,23,24)(H,25,26). The first-order valence-electron chi connectivity index (χ1n) is 8.65. The van der Waals surface area contributed by atoms with Gasteiger partial charge in [0.25, 0.3) is 5.91 Å². The van der Waals surface area contributed by atoms with Crippen molar-refractivity contribution in [3.63, 3.8) is 0 Å². The monoisotopic (exact) mass is 345 g/mol. The molecule has 0 radical (unpaired) electrons. The van der Waals surface area contributed by atoms with E-state index in [1.807, 2.05) is 38.1 Å². The van der Waals surface area contributed by atoms with Gasteiger partial charge in [-0.05, 0) is 61.7 Å². The maximum atomic E-state index is 12.5. The molecule has 0 bridgehead atoms. The number of carbonyl (C=O) groups is 1. The molecule has 3 rings (SSSR count). The number of amides is 1. The highest BCUT2D eigenvalue weighted by Gasteiger charge is 2.09. The van der Waals surface area contributed by atoms with Gasteiger partial charge in [0, 0.05) is 24.1 Å². The van der Waals surface area contributed by atoms with Crippen LogP contribution in [0.4, 0.5) is 11.4 Å². The largest absolute Gasteiger partial charge is 0.381 e. The van der Waals surface area contributed by atoms with E-state index < -0.39 is 0 Å². The topological polar surface area (TPSA) is 54.0 Å². The molecule has 0 saturated carbocycles. The first kappa shape index (κ1) is 17.7. The normalized spacial score (nSPS) is 10.4. The molecule has 1 aromatic heterocycles. The Morgan fingerprint density at radius 1 is 0.885 bits per heavy atom. The summed E-state index contributed by atoms with van der Waals surface area (Å²) in [5.74, 6) is -0.216. The third-order valence-corrected chi connectivity index (χ3v) is 4.37. The summed E-state index contributed by atoms with van der Waals surface area (Å²) in [5, 5.41) is 6.24. The van der Waals surface area contributed by atoms with Gasteiger partial charge >= 0.3 is 0 Å². The minimum absolute atomic E-state index is 0.216. The molecule has 132 valence electrons. The van der Waals surface area contributed by atoms with E-state index in [0.29, 0.717) is 12.2 Å². The van der Waals surface area contributed by atoms with Crippen molar-refractivity contribution in [2.75, 3.05) is 10.6 Å². The molecule has 0 aliphatic carbocycles. The summed E-state index contributed by atoms with van der Waals surface area (Å²) >= 11 is 0. The van der Waals surface area contributed by atoms with Gasteiger partial charge < -0.3 is 10.6 Å². The van der Waals surface area contributed by atoms with E-state index in [2.05, 4.69) is 46.8 Å². The van der Waals surface area contributed by atoms with Crippen LogP contribution >= 0.6 is 0 Å². The van der Waals surface area contributed by atoms with Gasteiger partial charge in [0.1, 0.15) is 5.69 Å². The molecule has 0 saturated heterocycles. The smallest absolute Gasteiger partial charge is 0.274 e. The number of hydrogen-bond donors (Lipinski definition) is 2. The highest BCUT2D eigenvalue weighted by atomic mass is 16.1. The van der Waals surface area contributed by atoms with Crippen molar-refractivity contribution < 1.29 is 4.79 Å². The fourth-order valence-electron chi connectivity index (χ4n) is 2.59. The summed E-state index contributed by atoms with van der Waals surface area (Å²) < 4.78 is 0. The molecule has 26 heavy (non-hydrogen) atoms. The Hall–Kier alpha value is -3.14. The summed E-state index contributed by atoms with van der Waals surface area (Å²) in [6.07, 6.45) is 1.65. The van der Waals surface area contributed by atoms with Crippen LogP contribution in [0, 0.1) is 20.8 Å². The van der Waals surface area contributed by atoms with Crippen LogP contribution in [0.3, 0.4) is 0 Å². The van der Waals surface area contributed by atoms with Crippen LogP contribution in [-0.4, -0.2) is 10.9 Å². The summed E-state index contributed by atoms with van der Waals surface area (Å²) in [5.41, 5.74) is 6.80. The van der Waals surface area contributed by atoms with Gasteiger partial charge in [0.15, 0.2) is 0 Å². The van der Waals surface area contributed by atoms with E-state index >= 15 is 0 Å². The maximum absolute atomic E-state index is 12.5. The molecule has 2 aromatic carbocycles. The van der Waals surface area contributed by atoms with Crippen LogP contribution in [0.15, 0.2) is 60.8 Å². The predicted molar refractivity (Wildman–Crippen MR) is 107 cm³/mol. The van der Waals surface area contributed by atoms with Gasteiger partial charge in [-0.1, -0.05) is 35.9 Å². The number of anilines is 2. The minimum atomic E-state index is -0.216. The van der Waals surface area contributed by atoms with Gasteiger partial charge in [-0.25, -0.2) is 0 Å². The average molecular weight is 345 g/mol. The van der Waals surface area contributed by atoms with Gasteiger partial charge in [0.2, 0.25) is 0 Å². The number of hydrogen-bond acceptors (Lipinski definition) is 3. The lowest BCUT2D eigenvalue weighted by Crippen LogP contribution is -2.14. The number of rotatable bonds is 5. The molecule has 0 aliphatic heterocycles. The van der Waals surface area contributed by atoms with Gasteiger partial charge in [-0.15, -0.1) is 0 Å². The molecule has 0 fully saturated rings. The second-order valence-corrected chi connectivity index (χ2v) is 6.52. The van der Waals surface area contributed by atoms with Crippen LogP contribution in [0.1, 0.15) is 32.7 Å². The van der Waals surface area contributed by atoms with Crippen LogP contribution in [-0.2, 0) is 6.54 Å². The number of aromatic nitrogens is 1. The number of benzene rings is 2. The van der Waals surface area contributed by atoms with Crippen LogP contribution < -0.4 is 10.6 Å². The molecule has 4 heteroatoms. The van der Waals surface area contributed by atoms with Crippen LogP contribution in [0.2, 0.25) is 0 Å². The zero-order chi connectivity index (χ0) is 18.5. The van der Waals surface area contributed by atoms with E-state index in [1.165, 1.54) is 16.7 Å². The molecule has 3 aromatic rings. The fraction of sp³-hybridized carbons (Fsp3) is 0.182. The SMILES string of the molecule is Cc1ccc(CNc2ccnc(C(=O)Nc3ccc(C)c(C)c3)c2)cc1. The summed E-state index contributed by atoms with van der Waals surface area (Å²) in [7, 11) is 0. The molecule has 2 N–H and O–H groups in total. The molecule has 4 nitrogen and oxygen atoms in total. The average Bonchev–Trinajstić information content (AvgIpc) is 2.64. The number of aryl methyl sites for hydroxylation is 3. The van der Waals surface area contributed by atoms with Crippen molar-refractivity contribution in [1.82, 2.24) is 4.98 Å². The summed E-state index contributed by atoms with van der Waals surface area (Å²) in [6, 6.07) is 17.9. The quantitative estimate of drug-likeness (QED) is 0.693. The second kappa shape index (κ2) is 7.83. The maximum Gasteiger partial charge on any atom is 0.274 e. The van der Waals surface area contributed by atoms with Crippen molar-refractivity contribution in [3.05, 3.63) is 88.7 Å². The Morgan fingerprint density at radius 3 is 2.38 bits per heavy atom. The molecular formula is C22H23N3O. The Kier molecular flexibility index (Phi) is 5.32. The van der Waals surface area contributed by atoms with E-state index in [1.54, 1.807) is 12.3 Å². The van der Waals surface area contributed by atoms with Crippen molar-refractivity contribution in [2.45, 2.75) is 27.3 Å². The summed E-state index contributed by atoms with van der Waals surface area (Å²) in [6.45, 7) is 6.84. The molecule has 1 amide bonds. The highest BCUT2D eigenvalue weighted by Crippen LogP contribution is 2.16. The Balaban J connectivity index is 1.66. The second-order valence-electron chi connectivity index (χ2n) is 6.52. The number of nitrogens with one attached hydrogen (secondary N) is 2. The first-order chi connectivity index (χ1) is 12.5. The molecular weight excluding hydrogens is 322 g/mol. The zero-order valence-corrected chi connectivity index (χ0v) is 15.3. The van der Waals surface area contributed by atoms with E-state index in [-0.39, 0.29) is 5.91 Å². The van der Waals surface area contributed by atoms with Crippen molar-refractivity contribution in [1.29, 1.82) is 0 Å². The zero-order valence-electron chi connectivity index (χ0n) is 15.3. The Morgan fingerprint density at radius 2 is 1.65 bits per heavy atom. The predicted octanol–water partition coefficient (Wildman–Crippen LogP) is 4.87. The molecule has 0 atom stereocenters. The van der Waals surface area contributed by atoms with Crippen molar-refractivity contribution in [2.24, 2.45) is 0 Å². The lowest BCUT2D eigenvalue weighted by molar-refractivity contribution is 0.102.